The van der Waals surface area contributed by atoms with Gasteiger partial charge in [0.1, 0.15) is 0 Å². The first kappa shape index (κ1) is 22.9. The van der Waals surface area contributed by atoms with Crippen LogP contribution in [0.1, 0.15) is 98.6 Å². The van der Waals surface area contributed by atoms with Crippen molar-refractivity contribution in [3.8, 4) is 0 Å². The summed E-state index contributed by atoms with van der Waals surface area (Å²) in [4.78, 5) is 13.6. The van der Waals surface area contributed by atoms with E-state index in [1.54, 1.807) is 0 Å². The molecule has 0 atom stereocenters. The Morgan fingerprint density at radius 3 is 2.47 bits per heavy atom. The second-order valence-corrected chi connectivity index (χ2v) is 11.0. The van der Waals surface area contributed by atoms with Crippen LogP contribution in [0.3, 0.4) is 0 Å². The Morgan fingerprint density at radius 1 is 1.13 bits per heavy atom. The standard InChI is InChI=1S/C26H37NO2S/c1-8-9-10-11-18-16-19(24(28)29-7)12-13-20(18)27-23-17(2)21-22(30-23)26(5,6)15-14-25(21,3)4/h12-13,16,27H,8-11,14-15H2,1-7H3. The Balaban J connectivity index is 2.00. The number of fused-ring (bicyclic) bond motifs is 1. The first-order chi connectivity index (χ1) is 14.1. The second-order valence-electron chi connectivity index (χ2n) is 9.97. The Bertz CT molecular complexity index is 923. The number of carbonyl (C=O) groups excluding carboxylic acids is 1. The van der Waals surface area contributed by atoms with Crippen LogP contribution < -0.4 is 5.32 Å². The number of aryl methyl sites for hydroxylation is 1. The Labute approximate surface area is 186 Å². The van der Waals surface area contributed by atoms with Crippen molar-refractivity contribution < 1.29 is 9.53 Å². The van der Waals surface area contributed by atoms with Gasteiger partial charge in [0.2, 0.25) is 0 Å². The highest BCUT2D eigenvalue weighted by atomic mass is 32.1. The van der Waals surface area contributed by atoms with Crippen LogP contribution in [0.5, 0.6) is 0 Å². The number of nitrogens with one attached hydrogen (secondary N) is 1. The third-order valence-corrected chi connectivity index (χ3v) is 8.21. The van der Waals surface area contributed by atoms with Crippen LogP contribution >= 0.6 is 11.3 Å². The predicted molar refractivity (Wildman–Crippen MR) is 129 cm³/mol. The lowest BCUT2D eigenvalue weighted by molar-refractivity contribution is 0.0600. The molecule has 0 spiro atoms. The van der Waals surface area contributed by atoms with Gasteiger partial charge in [-0.25, -0.2) is 4.79 Å². The highest BCUT2D eigenvalue weighted by Crippen LogP contribution is 2.53. The van der Waals surface area contributed by atoms with E-state index in [4.69, 9.17) is 4.74 Å². The van der Waals surface area contributed by atoms with Crippen molar-refractivity contribution >= 4 is 28.0 Å². The van der Waals surface area contributed by atoms with Gasteiger partial charge in [0.15, 0.2) is 0 Å². The van der Waals surface area contributed by atoms with Gasteiger partial charge in [-0.1, -0.05) is 47.5 Å². The van der Waals surface area contributed by atoms with Gasteiger partial charge in [-0.15, -0.1) is 11.3 Å². The molecule has 3 nitrogen and oxygen atoms in total. The van der Waals surface area contributed by atoms with E-state index in [1.807, 2.05) is 29.5 Å². The number of hydrogen-bond acceptors (Lipinski definition) is 4. The molecule has 0 unspecified atom stereocenters. The molecule has 0 aliphatic heterocycles. The van der Waals surface area contributed by atoms with E-state index in [9.17, 15) is 4.79 Å². The Kier molecular flexibility index (Phi) is 6.66. The van der Waals surface area contributed by atoms with Gasteiger partial charge in [-0.2, -0.15) is 0 Å². The van der Waals surface area contributed by atoms with Crippen LogP contribution in [0, 0.1) is 6.92 Å². The fraction of sp³-hybridized carbons (Fsp3) is 0.577. The Hall–Kier alpha value is -1.81. The first-order valence-corrected chi connectivity index (χ1v) is 12.0. The van der Waals surface area contributed by atoms with Gasteiger partial charge in [0.05, 0.1) is 17.7 Å². The molecule has 0 saturated carbocycles. The van der Waals surface area contributed by atoms with Crippen LogP contribution in [0.15, 0.2) is 18.2 Å². The summed E-state index contributed by atoms with van der Waals surface area (Å²) in [5.74, 6) is -0.274. The molecule has 164 valence electrons. The van der Waals surface area contributed by atoms with Gasteiger partial charge >= 0.3 is 5.97 Å². The molecule has 0 fully saturated rings. The minimum absolute atomic E-state index is 0.212. The van der Waals surface area contributed by atoms with E-state index in [0.717, 1.165) is 18.5 Å². The molecule has 0 bridgehead atoms. The number of methoxy groups -OCH3 is 1. The maximum Gasteiger partial charge on any atom is 0.337 e. The molecule has 4 heteroatoms. The fourth-order valence-corrected chi connectivity index (χ4v) is 6.17. The second kappa shape index (κ2) is 8.74. The number of hydrogen-bond donors (Lipinski definition) is 1. The van der Waals surface area contributed by atoms with Crippen LogP contribution in [0.25, 0.3) is 0 Å². The molecule has 0 amide bonds. The molecular weight excluding hydrogens is 390 g/mol. The number of ether oxygens (including phenoxy) is 1. The lowest BCUT2D eigenvalue weighted by Crippen LogP contribution is -2.32. The summed E-state index contributed by atoms with van der Waals surface area (Å²) >= 11 is 1.92. The van der Waals surface area contributed by atoms with Crippen molar-refractivity contribution in [1.29, 1.82) is 0 Å². The molecular formula is C26H37NO2S. The average molecular weight is 428 g/mol. The summed E-state index contributed by atoms with van der Waals surface area (Å²) in [5, 5.41) is 4.99. The zero-order chi connectivity index (χ0) is 22.1. The smallest absolute Gasteiger partial charge is 0.337 e. The highest BCUT2D eigenvalue weighted by Gasteiger charge is 2.40. The largest absolute Gasteiger partial charge is 0.465 e. The number of anilines is 2. The van der Waals surface area contributed by atoms with Gasteiger partial charge in [0, 0.05) is 10.6 Å². The van der Waals surface area contributed by atoms with Crippen molar-refractivity contribution in [3.05, 3.63) is 45.3 Å². The molecule has 1 heterocycles. The molecule has 3 rings (SSSR count). The van der Waals surface area contributed by atoms with E-state index in [2.05, 4.69) is 46.9 Å². The summed E-state index contributed by atoms with van der Waals surface area (Å²) in [7, 11) is 1.44. The van der Waals surface area contributed by atoms with Crippen molar-refractivity contribution in [3.63, 3.8) is 0 Å². The quantitative estimate of drug-likeness (QED) is 0.364. The van der Waals surface area contributed by atoms with Gasteiger partial charge in [0.25, 0.3) is 0 Å². The number of thiophene rings is 1. The first-order valence-electron chi connectivity index (χ1n) is 11.2. The molecule has 1 aromatic heterocycles. The zero-order valence-corrected chi connectivity index (χ0v) is 20.5. The summed E-state index contributed by atoms with van der Waals surface area (Å²) in [6, 6.07) is 5.91. The zero-order valence-electron chi connectivity index (χ0n) is 19.7. The number of carbonyl (C=O) groups is 1. The lowest BCUT2D eigenvalue weighted by Gasteiger charge is -2.39. The van der Waals surface area contributed by atoms with E-state index < -0.39 is 0 Å². The van der Waals surface area contributed by atoms with E-state index >= 15 is 0 Å². The number of unbranched alkanes of at least 4 members (excludes halogenated alkanes) is 2. The summed E-state index contributed by atoms with van der Waals surface area (Å²) in [6.07, 6.45) is 6.90. The topological polar surface area (TPSA) is 38.3 Å². The van der Waals surface area contributed by atoms with Gasteiger partial charge in [-0.3, -0.25) is 0 Å². The summed E-state index contributed by atoms with van der Waals surface area (Å²) in [5.41, 5.74) is 6.27. The maximum absolute atomic E-state index is 12.1. The summed E-state index contributed by atoms with van der Waals surface area (Å²) < 4.78 is 4.94. The molecule has 1 aliphatic carbocycles. The van der Waals surface area contributed by atoms with Crippen LogP contribution in [-0.2, 0) is 22.0 Å². The average Bonchev–Trinajstić information content (AvgIpc) is 3.05. The molecule has 0 radical (unpaired) electrons. The molecule has 1 aromatic carbocycles. The molecule has 1 aliphatic rings. The number of benzene rings is 1. The lowest BCUT2D eigenvalue weighted by atomic mass is 9.66. The Morgan fingerprint density at radius 2 is 1.83 bits per heavy atom. The van der Waals surface area contributed by atoms with Crippen LogP contribution in [0.4, 0.5) is 10.7 Å². The SMILES string of the molecule is CCCCCc1cc(C(=O)OC)ccc1Nc1sc2c(c1C)C(C)(C)CCC2(C)C. The van der Waals surface area contributed by atoms with Crippen molar-refractivity contribution in [1.82, 2.24) is 0 Å². The monoisotopic (exact) mass is 427 g/mol. The molecule has 2 aromatic rings. The number of esters is 1. The van der Waals surface area contributed by atoms with Crippen molar-refractivity contribution in [2.24, 2.45) is 0 Å². The molecule has 0 saturated heterocycles. The van der Waals surface area contributed by atoms with Crippen LogP contribution in [0.2, 0.25) is 0 Å². The van der Waals surface area contributed by atoms with E-state index in [0.29, 0.717) is 5.56 Å². The van der Waals surface area contributed by atoms with Crippen molar-refractivity contribution in [2.45, 2.75) is 90.9 Å². The summed E-state index contributed by atoms with van der Waals surface area (Å²) in [6.45, 7) is 14.0. The number of rotatable bonds is 7. The molecule has 30 heavy (non-hydrogen) atoms. The van der Waals surface area contributed by atoms with E-state index in [-0.39, 0.29) is 16.8 Å². The third kappa shape index (κ3) is 4.44. The fourth-order valence-electron chi connectivity index (χ4n) is 4.64. The minimum atomic E-state index is -0.274. The molecule has 1 N–H and O–H groups in total. The van der Waals surface area contributed by atoms with Gasteiger partial charge in [-0.05, 0) is 78.3 Å². The van der Waals surface area contributed by atoms with Gasteiger partial charge < -0.3 is 10.1 Å². The normalized spacial score (nSPS) is 16.8. The van der Waals surface area contributed by atoms with Crippen LogP contribution in [-0.4, -0.2) is 13.1 Å². The predicted octanol–water partition coefficient (Wildman–Crippen LogP) is 7.67. The van der Waals surface area contributed by atoms with E-state index in [1.165, 1.54) is 59.4 Å². The minimum Gasteiger partial charge on any atom is -0.465 e. The third-order valence-electron chi connectivity index (χ3n) is 6.64. The highest BCUT2D eigenvalue weighted by molar-refractivity contribution is 7.16. The maximum atomic E-state index is 12.1. The van der Waals surface area contributed by atoms with Crippen molar-refractivity contribution in [2.75, 3.05) is 12.4 Å².